The van der Waals surface area contributed by atoms with Gasteiger partial charge < -0.3 is 25.6 Å². The van der Waals surface area contributed by atoms with Gasteiger partial charge in [0.2, 0.25) is 5.91 Å². The molecule has 0 aliphatic heterocycles. The van der Waals surface area contributed by atoms with Crippen LogP contribution in [0.15, 0.2) is 77.0 Å². The lowest BCUT2D eigenvalue weighted by Gasteiger charge is -2.09. The van der Waals surface area contributed by atoms with Crippen molar-refractivity contribution in [2.75, 3.05) is 23.5 Å². The molecule has 2 amide bonds. The highest BCUT2D eigenvalue weighted by molar-refractivity contribution is 8.00. The van der Waals surface area contributed by atoms with Gasteiger partial charge in [-0.25, -0.2) is 14.6 Å². The van der Waals surface area contributed by atoms with Crippen molar-refractivity contribution in [2.24, 2.45) is 0 Å². The molecule has 0 saturated carbocycles. The topological polar surface area (TPSA) is 155 Å². The summed E-state index contributed by atoms with van der Waals surface area (Å²) >= 11 is 2.60. The molecule has 12 heteroatoms. The first-order valence-corrected chi connectivity index (χ1v) is 13.2. The summed E-state index contributed by atoms with van der Waals surface area (Å²) in [6.07, 6.45) is 0. The number of carboxylic acids is 2. The van der Waals surface area contributed by atoms with Gasteiger partial charge >= 0.3 is 11.9 Å². The van der Waals surface area contributed by atoms with Crippen LogP contribution in [0.5, 0.6) is 5.75 Å². The SMILES string of the molecule is COc1ccccc1-c1csc(NC(=O)CSc2ccc(NC(=O)c3ccc(C(=O)O)cc3C(=O)O)cc2)n1. The molecule has 4 aromatic rings. The molecule has 198 valence electrons. The maximum absolute atomic E-state index is 12.6. The monoisotopic (exact) mass is 563 g/mol. The molecule has 4 rings (SSSR count). The van der Waals surface area contributed by atoms with Crippen molar-refractivity contribution in [3.8, 4) is 17.0 Å². The predicted molar refractivity (Wildman–Crippen MR) is 148 cm³/mol. The molecule has 1 heterocycles. The quantitative estimate of drug-likeness (QED) is 0.191. The number of nitrogens with zero attached hydrogens (tertiary/aromatic N) is 1. The molecule has 0 fully saturated rings. The van der Waals surface area contributed by atoms with Crippen LogP contribution in [-0.2, 0) is 4.79 Å². The summed E-state index contributed by atoms with van der Waals surface area (Å²) in [6, 6.07) is 17.4. The molecule has 0 unspecified atom stereocenters. The van der Waals surface area contributed by atoms with E-state index in [0.29, 0.717) is 22.3 Å². The van der Waals surface area contributed by atoms with Crippen molar-refractivity contribution in [1.82, 2.24) is 4.98 Å². The summed E-state index contributed by atoms with van der Waals surface area (Å²) in [5, 5.41) is 26.1. The number of carboxylic acid groups (broad SMARTS) is 2. The molecule has 39 heavy (non-hydrogen) atoms. The van der Waals surface area contributed by atoms with Gasteiger partial charge in [-0.2, -0.15) is 0 Å². The van der Waals surface area contributed by atoms with Crippen LogP contribution in [0.1, 0.15) is 31.1 Å². The Labute approximate surface area is 230 Å². The number of hydrogen-bond donors (Lipinski definition) is 4. The average Bonchev–Trinajstić information content (AvgIpc) is 3.40. The summed E-state index contributed by atoms with van der Waals surface area (Å²) in [5.41, 5.74) is 1.11. The average molecular weight is 564 g/mol. The summed E-state index contributed by atoms with van der Waals surface area (Å²) in [6.45, 7) is 0. The molecular formula is C27H21N3O7S2. The summed E-state index contributed by atoms with van der Waals surface area (Å²) in [5.74, 6) is -2.82. The number of amides is 2. The molecule has 0 atom stereocenters. The molecular weight excluding hydrogens is 542 g/mol. The first kappa shape index (κ1) is 27.4. The maximum atomic E-state index is 12.6. The van der Waals surface area contributed by atoms with Crippen molar-refractivity contribution in [3.05, 3.63) is 88.8 Å². The van der Waals surface area contributed by atoms with E-state index >= 15 is 0 Å². The van der Waals surface area contributed by atoms with Gasteiger partial charge in [-0.3, -0.25) is 9.59 Å². The van der Waals surface area contributed by atoms with Gasteiger partial charge in [0.05, 0.1) is 35.2 Å². The van der Waals surface area contributed by atoms with Crippen LogP contribution in [-0.4, -0.2) is 51.8 Å². The third-order valence-corrected chi connectivity index (χ3v) is 7.13. The first-order valence-electron chi connectivity index (χ1n) is 11.3. The molecule has 1 aromatic heterocycles. The summed E-state index contributed by atoms with van der Waals surface area (Å²) < 4.78 is 5.36. The predicted octanol–water partition coefficient (Wildman–Crippen LogP) is 5.20. The summed E-state index contributed by atoms with van der Waals surface area (Å²) in [4.78, 5) is 52.9. The third-order valence-electron chi connectivity index (χ3n) is 5.36. The second-order valence-electron chi connectivity index (χ2n) is 7.92. The number of hydrogen-bond acceptors (Lipinski definition) is 8. The molecule has 0 saturated heterocycles. The standard InChI is InChI=1S/C27H21N3O7S2/c1-37-22-5-3-2-4-19(22)21-13-39-27(29-21)30-23(31)14-38-17-9-7-16(8-10-17)28-24(32)18-11-6-15(25(33)34)12-20(18)26(35)36/h2-13H,14H2,1H3,(H,28,32)(H,33,34)(H,35,36)(H,29,30,31). The van der Waals surface area contributed by atoms with E-state index in [9.17, 15) is 24.3 Å². The molecule has 0 aliphatic carbocycles. The highest BCUT2D eigenvalue weighted by Crippen LogP contribution is 2.32. The number of methoxy groups -OCH3 is 1. The lowest BCUT2D eigenvalue weighted by molar-refractivity contribution is -0.113. The van der Waals surface area contributed by atoms with Crippen LogP contribution >= 0.6 is 23.1 Å². The van der Waals surface area contributed by atoms with Crippen molar-refractivity contribution in [2.45, 2.75) is 4.90 Å². The number of aromatic carboxylic acids is 2. The Morgan fingerprint density at radius 1 is 0.923 bits per heavy atom. The van der Waals surface area contributed by atoms with Crippen LogP contribution in [0.2, 0.25) is 0 Å². The van der Waals surface area contributed by atoms with E-state index in [1.807, 2.05) is 29.6 Å². The van der Waals surface area contributed by atoms with Gasteiger partial charge in [0, 0.05) is 21.5 Å². The molecule has 4 N–H and O–H groups in total. The fraction of sp³-hybridized carbons (Fsp3) is 0.0741. The van der Waals surface area contributed by atoms with E-state index in [4.69, 9.17) is 9.84 Å². The van der Waals surface area contributed by atoms with Gasteiger partial charge in [0.25, 0.3) is 5.91 Å². The van der Waals surface area contributed by atoms with Crippen LogP contribution in [0.25, 0.3) is 11.3 Å². The van der Waals surface area contributed by atoms with E-state index in [-0.39, 0.29) is 22.8 Å². The van der Waals surface area contributed by atoms with E-state index < -0.39 is 23.4 Å². The van der Waals surface area contributed by atoms with Crippen LogP contribution < -0.4 is 15.4 Å². The van der Waals surface area contributed by atoms with Crippen molar-refractivity contribution < 1.29 is 34.1 Å². The minimum atomic E-state index is -1.41. The Morgan fingerprint density at radius 2 is 1.67 bits per heavy atom. The maximum Gasteiger partial charge on any atom is 0.336 e. The zero-order valence-electron chi connectivity index (χ0n) is 20.3. The number of anilines is 2. The second-order valence-corrected chi connectivity index (χ2v) is 9.83. The van der Waals surface area contributed by atoms with Gasteiger partial charge in [-0.05, 0) is 54.6 Å². The Hall–Kier alpha value is -4.68. The number of para-hydroxylation sites is 1. The number of nitrogens with one attached hydrogen (secondary N) is 2. The van der Waals surface area contributed by atoms with Crippen LogP contribution in [0, 0.1) is 0 Å². The van der Waals surface area contributed by atoms with Gasteiger partial charge in [0.15, 0.2) is 5.13 Å². The van der Waals surface area contributed by atoms with Crippen LogP contribution in [0.4, 0.5) is 10.8 Å². The minimum absolute atomic E-state index is 0.132. The Bertz CT molecular complexity index is 1550. The fourth-order valence-corrected chi connectivity index (χ4v) is 4.93. The number of aromatic nitrogens is 1. The Balaban J connectivity index is 1.33. The number of carbonyl (C=O) groups is 4. The zero-order chi connectivity index (χ0) is 27.9. The van der Waals surface area contributed by atoms with Gasteiger partial charge in [0.1, 0.15) is 5.75 Å². The lowest BCUT2D eigenvalue weighted by Crippen LogP contribution is -2.17. The van der Waals surface area contributed by atoms with E-state index in [2.05, 4.69) is 15.6 Å². The third kappa shape index (κ3) is 6.80. The normalized spacial score (nSPS) is 10.5. The van der Waals surface area contributed by atoms with Gasteiger partial charge in [-0.1, -0.05) is 12.1 Å². The molecule has 10 nitrogen and oxygen atoms in total. The second kappa shape index (κ2) is 12.2. The molecule has 0 spiro atoms. The largest absolute Gasteiger partial charge is 0.496 e. The highest BCUT2D eigenvalue weighted by atomic mass is 32.2. The molecule has 3 aromatic carbocycles. The molecule has 0 bridgehead atoms. The number of carbonyl (C=O) groups excluding carboxylic acids is 2. The number of thioether (sulfide) groups is 1. The molecule has 0 aliphatic rings. The van der Waals surface area contributed by atoms with Gasteiger partial charge in [-0.15, -0.1) is 23.1 Å². The minimum Gasteiger partial charge on any atom is -0.496 e. The first-order chi connectivity index (χ1) is 18.7. The number of thiazole rings is 1. The zero-order valence-corrected chi connectivity index (χ0v) is 22.0. The Kier molecular flexibility index (Phi) is 8.59. The van der Waals surface area contributed by atoms with E-state index in [0.717, 1.165) is 22.6 Å². The number of ether oxygens (including phenoxy) is 1. The summed E-state index contributed by atoms with van der Waals surface area (Å²) in [7, 11) is 1.59. The Morgan fingerprint density at radius 3 is 2.36 bits per heavy atom. The molecule has 0 radical (unpaired) electrons. The number of rotatable bonds is 10. The van der Waals surface area contributed by atoms with Crippen molar-refractivity contribution >= 4 is 57.7 Å². The lowest BCUT2D eigenvalue weighted by atomic mass is 10.0. The smallest absolute Gasteiger partial charge is 0.336 e. The fourth-order valence-electron chi connectivity index (χ4n) is 3.50. The van der Waals surface area contributed by atoms with Crippen LogP contribution in [0.3, 0.4) is 0 Å². The number of benzene rings is 3. The highest BCUT2D eigenvalue weighted by Gasteiger charge is 2.19. The van der Waals surface area contributed by atoms with E-state index in [1.165, 1.54) is 29.2 Å². The van der Waals surface area contributed by atoms with Crippen molar-refractivity contribution in [3.63, 3.8) is 0 Å². The van der Waals surface area contributed by atoms with Crippen molar-refractivity contribution in [1.29, 1.82) is 0 Å². The van der Waals surface area contributed by atoms with E-state index in [1.54, 1.807) is 31.4 Å².